The van der Waals surface area contributed by atoms with Gasteiger partial charge < -0.3 is 29.2 Å². The van der Waals surface area contributed by atoms with Crippen molar-refractivity contribution < 1.29 is 42.7 Å². The molecule has 7 unspecified atom stereocenters. The van der Waals surface area contributed by atoms with Gasteiger partial charge in [-0.25, -0.2) is 8.78 Å². The second-order valence-corrected chi connectivity index (χ2v) is 10.1. The lowest BCUT2D eigenvalue weighted by atomic mass is 9.76. The van der Waals surface area contributed by atoms with E-state index in [0.29, 0.717) is 6.42 Å². The van der Waals surface area contributed by atoms with Gasteiger partial charge in [-0.15, -0.1) is 0 Å². The number of carbonyl (C=O) groups excluding carboxylic acids is 1. The molecule has 220 valence electrons. The van der Waals surface area contributed by atoms with Gasteiger partial charge in [0.25, 0.3) is 5.92 Å². The van der Waals surface area contributed by atoms with Crippen LogP contribution in [0.3, 0.4) is 0 Å². The van der Waals surface area contributed by atoms with E-state index in [1.54, 1.807) is 0 Å². The SMILES string of the molecule is C=C1CC(C(O)C(=O)CNC(CCC(F)(F)C(C)(C)C(O)CC(COC)OC)OC)OC(C)C1C.CC. The fourth-order valence-electron chi connectivity index (χ4n) is 4.07. The molecular formula is C27H51F2NO7. The predicted molar refractivity (Wildman–Crippen MR) is 140 cm³/mol. The Kier molecular flexibility index (Phi) is 16.4. The number of hydrogen-bond donors (Lipinski definition) is 3. The van der Waals surface area contributed by atoms with Crippen LogP contribution in [0, 0.1) is 11.3 Å². The summed E-state index contributed by atoms with van der Waals surface area (Å²) in [6.45, 7) is 14.4. The van der Waals surface area contributed by atoms with Crippen LogP contribution in [0.1, 0.15) is 67.2 Å². The fraction of sp³-hybridized carbons (Fsp3) is 0.889. The Hall–Kier alpha value is -1.01. The molecule has 37 heavy (non-hydrogen) atoms. The van der Waals surface area contributed by atoms with Crippen molar-refractivity contribution >= 4 is 5.78 Å². The number of hydrogen-bond acceptors (Lipinski definition) is 8. The van der Waals surface area contributed by atoms with Gasteiger partial charge in [0, 0.05) is 40.1 Å². The molecule has 0 radical (unpaired) electrons. The molecule has 0 bridgehead atoms. The molecule has 1 fully saturated rings. The van der Waals surface area contributed by atoms with Crippen molar-refractivity contribution in [2.24, 2.45) is 11.3 Å². The molecule has 7 atom stereocenters. The zero-order chi connectivity index (χ0) is 29.0. The van der Waals surface area contributed by atoms with Gasteiger partial charge in [0.05, 0.1) is 43.0 Å². The summed E-state index contributed by atoms with van der Waals surface area (Å²) in [4.78, 5) is 12.5. The molecule has 0 amide bonds. The van der Waals surface area contributed by atoms with Crippen LogP contribution in [0.15, 0.2) is 12.2 Å². The third-order valence-electron chi connectivity index (χ3n) is 7.34. The highest BCUT2D eigenvalue weighted by Crippen LogP contribution is 2.44. The summed E-state index contributed by atoms with van der Waals surface area (Å²) in [7, 11) is 4.26. The Balaban J connectivity index is 0.00000631. The fourth-order valence-corrected chi connectivity index (χ4v) is 4.07. The third-order valence-corrected chi connectivity index (χ3v) is 7.34. The highest BCUT2D eigenvalue weighted by molar-refractivity contribution is 5.85. The minimum absolute atomic E-state index is 0.00165. The first-order valence-corrected chi connectivity index (χ1v) is 13.1. The largest absolute Gasteiger partial charge is 0.392 e. The lowest BCUT2D eigenvalue weighted by Crippen LogP contribution is -2.49. The number of methoxy groups -OCH3 is 3. The molecule has 0 saturated carbocycles. The summed E-state index contributed by atoms with van der Waals surface area (Å²) >= 11 is 0. The van der Waals surface area contributed by atoms with Crippen LogP contribution in [-0.2, 0) is 23.7 Å². The monoisotopic (exact) mass is 539 g/mol. The van der Waals surface area contributed by atoms with Gasteiger partial charge in [0.15, 0.2) is 5.78 Å². The Labute approximate surface area is 222 Å². The van der Waals surface area contributed by atoms with Gasteiger partial charge in [0.1, 0.15) is 12.3 Å². The quantitative estimate of drug-likeness (QED) is 0.201. The maximum absolute atomic E-state index is 15.1. The van der Waals surface area contributed by atoms with Crippen molar-refractivity contribution in [1.82, 2.24) is 5.32 Å². The van der Waals surface area contributed by atoms with Gasteiger partial charge in [0.2, 0.25) is 0 Å². The standard InChI is InChI=1S/C25H45F2NO7.C2H6/c1-15-11-20(35-17(3)16(15)2)23(31)19(29)13-28-22(34-8)9-10-25(26,27)24(4,5)21(30)12-18(33-7)14-32-6;1-2/h16-18,20-23,28,30-31H,1,9-14H2,2-8H3;1-2H3. The van der Waals surface area contributed by atoms with Crippen molar-refractivity contribution in [2.45, 2.75) is 110 Å². The number of Topliss-reactive ketones (excluding diaryl/α,β-unsaturated/α-hetero) is 1. The van der Waals surface area contributed by atoms with E-state index in [4.69, 9.17) is 18.9 Å². The van der Waals surface area contributed by atoms with Crippen LogP contribution in [0.4, 0.5) is 8.78 Å². The summed E-state index contributed by atoms with van der Waals surface area (Å²) < 4.78 is 51.4. The summed E-state index contributed by atoms with van der Waals surface area (Å²) in [5.41, 5.74) is -0.828. The van der Waals surface area contributed by atoms with Crippen LogP contribution < -0.4 is 5.32 Å². The average molecular weight is 540 g/mol. The van der Waals surface area contributed by atoms with Crippen molar-refractivity contribution in [2.75, 3.05) is 34.5 Å². The summed E-state index contributed by atoms with van der Waals surface area (Å²) in [5.74, 6) is -3.62. The number of aliphatic hydroxyl groups excluding tert-OH is 2. The van der Waals surface area contributed by atoms with E-state index >= 15 is 8.78 Å². The third kappa shape index (κ3) is 10.6. The molecule has 10 heteroatoms. The summed E-state index contributed by atoms with van der Waals surface area (Å²) in [5, 5.41) is 23.8. The molecule has 0 aromatic rings. The van der Waals surface area contributed by atoms with Crippen LogP contribution in [-0.4, -0.2) is 93.1 Å². The second-order valence-electron chi connectivity index (χ2n) is 10.1. The normalized spacial score (nSPS) is 24.0. The minimum atomic E-state index is -3.23. The van der Waals surface area contributed by atoms with E-state index in [1.807, 2.05) is 27.7 Å². The molecule has 3 N–H and O–H groups in total. The Morgan fingerprint density at radius 1 is 1.19 bits per heavy atom. The van der Waals surface area contributed by atoms with E-state index < -0.39 is 54.2 Å². The molecule has 1 aliphatic rings. The number of aliphatic hydroxyl groups is 2. The number of rotatable bonds is 16. The maximum Gasteiger partial charge on any atom is 0.255 e. The Bertz CT molecular complexity index is 677. The van der Waals surface area contributed by atoms with Crippen LogP contribution in [0.2, 0.25) is 0 Å². The van der Waals surface area contributed by atoms with Crippen molar-refractivity contribution in [1.29, 1.82) is 0 Å². The number of ether oxygens (including phenoxy) is 4. The molecule has 1 heterocycles. The zero-order valence-corrected chi connectivity index (χ0v) is 24.2. The van der Waals surface area contributed by atoms with Gasteiger partial charge in [-0.05, 0) is 19.8 Å². The maximum atomic E-state index is 15.1. The molecule has 0 aliphatic carbocycles. The molecule has 1 rings (SSSR count). The van der Waals surface area contributed by atoms with Crippen molar-refractivity contribution in [3.05, 3.63) is 12.2 Å². The van der Waals surface area contributed by atoms with E-state index in [1.165, 1.54) is 35.2 Å². The van der Waals surface area contributed by atoms with Gasteiger partial charge in [-0.2, -0.15) is 0 Å². The highest BCUT2D eigenvalue weighted by Gasteiger charge is 2.51. The van der Waals surface area contributed by atoms with Gasteiger partial charge >= 0.3 is 0 Å². The smallest absolute Gasteiger partial charge is 0.255 e. The second kappa shape index (κ2) is 16.8. The molecule has 0 aromatic carbocycles. The first kappa shape index (κ1) is 36.0. The average Bonchev–Trinajstić information content (AvgIpc) is 2.86. The molecule has 1 saturated heterocycles. The van der Waals surface area contributed by atoms with E-state index in [0.717, 1.165) is 5.57 Å². The number of carbonyl (C=O) groups is 1. The lowest BCUT2D eigenvalue weighted by molar-refractivity contribution is -0.173. The van der Waals surface area contributed by atoms with Crippen molar-refractivity contribution in [3.8, 4) is 0 Å². The summed E-state index contributed by atoms with van der Waals surface area (Å²) in [6, 6.07) is 0. The van der Waals surface area contributed by atoms with E-state index in [2.05, 4.69) is 11.9 Å². The zero-order valence-electron chi connectivity index (χ0n) is 24.2. The Morgan fingerprint density at radius 2 is 1.78 bits per heavy atom. The highest BCUT2D eigenvalue weighted by atomic mass is 19.3. The number of halogens is 2. The number of nitrogens with one attached hydrogen (secondary N) is 1. The molecular weight excluding hydrogens is 488 g/mol. The topological polar surface area (TPSA) is 106 Å². The predicted octanol–water partition coefficient (Wildman–Crippen LogP) is 3.73. The molecule has 0 spiro atoms. The van der Waals surface area contributed by atoms with E-state index in [9.17, 15) is 15.0 Å². The first-order valence-electron chi connectivity index (χ1n) is 13.1. The van der Waals surface area contributed by atoms with Crippen molar-refractivity contribution in [3.63, 3.8) is 0 Å². The number of ketones is 1. The molecule has 8 nitrogen and oxygen atoms in total. The van der Waals surface area contributed by atoms with Gasteiger partial charge in [-0.1, -0.05) is 46.8 Å². The summed E-state index contributed by atoms with van der Waals surface area (Å²) in [6.07, 6.45) is -5.21. The lowest BCUT2D eigenvalue weighted by Gasteiger charge is -2.39. The molecule has 1 aliphatic heterocycles. The molecule has 0 aromatic heterocycles. The van der Waals surface area contributed by atoms with Crippen LogP contribution in [0.5, 0.6) is 0 Å². The first-order chi connectivity index (χ1) is 17.2. The van der Waals surface area contributed by atoms with Gasteiger partial charge in [-0.3, -0.25) is 10.1 Å². The van der Waals surface area contributed by atoms with Crippen LogP contribution in [0.25, 0.3) is 0 Å². The Morgan fingerprint density at radius 3 is 2.27 bits per heavy atom. The number of alkyl halides is 2. The van der Waals surface area contributed by atoms with Crippen LogP contribution >= 0.6 is 0 Å². The van der Waals surface area contributed by atoms with E-state index in [-0.39, 0.29) is 38.0 Å². The minimum Gasteiger partial charge on any atom is -0.392 e.